The van der Waals surface area contributed by atoms with E-state index in [-0.39, 0.29) is 11.5 Å². The van der Waals surface area contributed by atoms with Crippen LogP contribution in [-0.2, 0) is 11.3 Å². The number of anilines is 1. The molecular formula is C24H28N4O2. The first kappa shape index (κ1) is 20.3. The van der Waals surface area contributed by atoms with Crippen molar-refractivity contribution >= 4 is 22.4 Å². The van der Waals surface area contributed by atoms with Crippen LogP contribution in [0.4, 0.5) is 5.69 Å². The number of nitrogens with zero attached hydrogens (tertiary/aromatic N) is 3. The fourth-order valence-corrected chi connectivity index (χ4v) is 4.29. The summed E-state index contributed by atoms with van der Waals surface area (Å²) in [5, 5.41) is 8.82. The molecule has 0 unspecified atom stereocenters. The van der Waals surface area contributed by atoms with Crippen LogP contribution in [0.2, 0.25) is 0 Å². The van der Waals surface area contributed by atoms with Crippen molar-refractivity contribution in [3.8, 4) is 0 Å². The van der Waals surface area contributed by atoms with Crippen molar-refractivity contribution in [3.05, 3.63) is 70.6 Å². The summed E-state index contributed by atoms with van der Waals surface area (Å²) in [5.41, 5.74) is 2.16. The van der Waals surface area contributed by atoms with Crippen LogP contribution < -0.4 is 10.9 Å². The molecule has 3 aromatic rings. The Kier molecular flexibility index (Phi) is 6.23. The quantitative estimate of drug-likeness (QED) is 0.681. The average molecular weight is 405 g/mol. The van der Waals surface area contributed by atoms with Gasteiger partial charge in [0, 0.05) is 24.5 Å². The number of carbonyl (C=O) groups excluding carboxylic acids is 1. The number of hydrogen-bond acceptors (Lipinski definition) is 4. The summed E-state index contributed by atoms with van der Waals surface area (Å²) in [7, 11) is 0. The molecule has 0 bridgehead atoms. The molecule has 30 heavy (non-hydrogen) atoms. The van der Waals surface area contributed by atoms with Crippen molar-refractivity contribution in [2.45, 2.75) is 38.6 Å². The van der Waals surface area contributed by atoms with Crippen LogP contribution >= 0.6 is 0 Å². The minimum Gasteiger partial charge on any atom is -0.326 e. The molecule has 1 aliphatic heterocycles. The van der Waals surface area contributed by atoms with Crippen LogP contribution in [0.5, 0.6) is 0 Å². The first-order valence-corrected chi connectivity index (χ1v) is 10.6. The Morgan fingerprint density at radius 1 is 1.10 bits per heavy atom. The van der Waals surface area contributed by atoms with Gasteiger partial charge in [-0.3, -0.25) is 9.59 Å². The number of fused-ring (bicyclic) bond motifs is 1. The highest BCUT2D eigenvalue weighted by molar-refractivity contribution is 5.88. The number of aryl methyl sites for hydroxylation is 1. The molecule has 0 spiro atoms. The molecule has 0 atom stereocenters. The molecule has 1 N–H and O–H groups in total. The van der Waals surface area contributed by atoms with Crippen LogP contribution in [0.15, 0.2) is 59.5 Å². The molecule has 2 aromatic carbocycles. The predicted octanol–water partition coefficient (Wildman–Crippen LogP) is 3.62. The summed E-state index contributed by atoms with van der Waals surface area (Å²) in [4.78, 5) is 26.3. The minimum atomic E-state index is -0.0398. The lowest BCUT2D eigenvalue weighted by Gasteiger charge is -2.32. The molecule has 1 aliphatic rings. The third-order valence-electron chi connectivity index (χ3n) is 5.87. The lowest BCUT2D eigenvalue weighted by Crippen LogP contribution is -2.34. The largest absolute Gasteiger partial charge is 0.326 e. The highest BCUT2D eigenvalue weighted by atomic mass is 16.1. The third-order valence-corrected chi connectivity index (χ3v) is 5.87. The topological polar surface area (TPSA) is 67.2 Å². The molecule has 6 nitrogen and oxygen atoms in total. The SMILES string of the molecule is CC(=O)Nc1cccc(C2CCN(CCCn3ncc4ccccc4c3=O)CC2)c1. The molecule has 1 aromatic heterocycles. The molecule has 2 heterocycles. The molecule has 1 amide bonds. The second-order valence-electron chi connectivity index (χ2n) is 8.04. The second-order valence-corrected chi connectivity index (χ2v) is 8.04. The summed E-state index contributed by atoms with van der Waals surface area (Å²) in [6.07, 6.45) is 4.90. The summed E-state index contributed by atoms with van der Waals surface area (Å²) >= 11 is 0. The van der Waals surface area contributed by atoms with E-state index in [9.17, 15) is 9.59 Å². The van der Waals surface area contributed by atoms with E-state index in [0.717, 1.165) is 55.4 Å². The Bertz CT molecular complexity index is 1080. The summed E-state index contributed by atoms with van der Waals surface area (Å²) in [6.45, 7) is 5.25. The number of carbonyl (C=O) groups is 1. The van der Waals surface area contributed by atoms with Crippen molar-refractivity contribution < 1.29 is 4.79 Å². The first-order chi connectivity index (χ1) is 14.6. The number of rotatable bonds is 6. The average Bonchev–Trinajstić information content (AvgIpc) is 2.76. The Morgan fingerprint density at radius 3 is 2.70 bits per heavy atom. The predicted molar refractivity (Wildman–Crippen MR) is 120 cm³/mol. The van der Waals surface area contributed by atoms with E-state index in [4.69, 9.17) is 0 Å². The van der Waals surface area contributed by atoms with Gasteiger partial charge in [0.1, 0.15) is 0 Å². The number of nitrogens with one attached hydrogen (secondary N) is 1. The van der Waals surface area contributed by atoms with E-state index in [1.54, 1.807) is 10.9 Å². The van der Waals surface area contributed by atoms with Crippen molar-refractivity contribution in [2.75, 3.05) is 25.0 Å². The molecule has 6 heteroatoms. The van der Waals surface area contributed by atoms with Gasteiger partial charge >= 0.3 is 0 Å². The lowest BCUT2D eigenvalue weighted by molar-refractivity contribution is -0.114. The number of likely N-dealkylation sites (tertiary alicyclic amines) is 1. The molecule has 0 saturated carbocycles. The second kappa shape index (κ2) is 9.22. The van der Waals surface area contributed by atoms with E-state index in [2.05, 4.69) is 27.4 Å². The molecule has 0 radical (unpaired) electrons. The van der Waals surface area contributed by atoms with E-state index in [1.807, 2.05) is 36.4 Å². The Hall–Kier alpha value is -2.99. The molecular weight excluding hydrogens is 376 g/mol. The normalized spacial score (nSPS) is 15.4. The minimum absolute atomic E-state index is 0.00846. The third kappa shape index (κ3) is 4.76. The number of aromatic nitrogens is 2. The van der Waals surface area contributed by atoms with Crippen molar-refractivity contribution in [1.82, 2.24) is 14.7 Å². The maximum Gasteiger partial charge on any atom is 0.274 e. The van der Waals surface area contributed by atoms with E-state index >= 15 is 0 Å². The highest BCUT2D eigenvalue weighted by Gasteiger charge is 2.20. The Morgan fingerprint density at radius 2 is 1.90 bits per heavy atom. The van der Waals surface area contributed by atoms with Gasteiger partial charge in [-0.25, -0.2) is 4.68 Å². The zero-order valence-electron chi connectivity index (χ0n) is 17.4. The zero-order chi connectivity index (χ0) is 20.9. The molecule has 156 valence electrons. The number of amides is 1. The summed E-state index contributed by atoms with van der Waals surface area (Å²) < 4.78 is 1.59. The Labute approximate surface area is 176 Å². The van der Waals surface area contributed by atoms with Crippen LogP contribution in [0.3, 0.4) is 0 Å². The molecule has 1 fully saturated rings. The fraction of sp³-hybridized carbons (Fsp3) is 0.375. The van der Waals surface area contributed by atoms with Crippen molar-refractivity contribution in [2.24, 2.45) is 0 Å². The van der Waals surface area contributed by atoms with Gasteiger partial charge in [-0.05, 0) is 68.6 Å². The van der Waals surface area contributed by atoms with E-state index in [0.29, 0.717) is 12.5 Å². The maximum atomic E-state index is 12.6. The van der Waals surface area contributed by atoms with Crippen LogP contribution in [-0.4, -0.2) is 40.2 Å². The first-order valence-electron chi connectivity index (χ1n) is 10.6. The fourth-order valence-electron chi connectivity index (χ4n) is 4.29. The zero-order valence-corrected chi connectivity index (χ0v) is 17.4. The van der Waals surface area contributed by atoms with Crippen molar-refractivity contribution in [1.29, 1.82) is 0 Å². The molecule has 1 saturated heterocycles. The van der Waals surface area contributed by atoms with Gasteiger partial charge in [-0.15, -0.1) is 0 Å². The van der Waals surface area contributed by atoms with Gasteiger partial charge in [-0.1, -0.05) is 30.3 Å². The number of benzene rings is 2. The lowest BCUT2D eigenvalue weighted by atomic mass is 9.89. The van der Waals surface area contributed by atoms with Gasteiger partial charge in [0.15, 0.2) is 0 Å². The molecule has 4 rings (SSSR count). The number of piperidine rings is 1. The van der Waals surface area contributed by atoms with Crippen LogP contribution in [0.1, 0.15) is 37.7 Å². The highest BCUT2D eigenvalue weighted by Crippen LogP contribution is 2.29. The van der Waals surface area contributed by atoms with Crippen LogP contribution in [0, 0.1) is 0 Å². The van der Waals surface area contributed by atoms with Gasteiger partial charge in [-0.2, -0.15) is 5.10 Å². The Balaban J connectivity index is 1.28. The standard InChI is InChI=1S/C24H28N4O2/c1-18(29)26-22-8-4-7-20(16-22)19-10-14-27(15-11-19)12-5-13-28-24(30)23-9-3-2-6-21(23)17-25-28/h2-4,6-9,16-17,19H,5,10-15H2,1H3,(H,26,29). The van der Waals surface area contributed by atoms with E-state index in [1.165, 1.54) is 12.5 Å². The summed E-state index contributed by atoms with van der Waals surface area (Å²) in [6, 6.07) is 15.8. The van der Waals surface area contributed by atoms with Crippen molar-refractivity contribution in [3.63, 3.8) is 0 Å². The molecule has 0 aliphatic carbocycles. The van der Waals surface area contributed by atoms with Gasteiger partial charge < -0.3 is 10.2 Å². The number of hydrogen-bond donors (Lipinski definition) is 1. The van der Waals surface area contributed by atoms with E-state index < -0.39 is 0 Å². The van der Waals surface area contributed by atoms with Crippen LogP contribution in [0.25, 0.3) is 10.8 Å². The summed E-state index contributed by atoms with van der Waals surface area (Å²) in [5.74, 6) is 0.488. The van der Waals surface area contributed by atoms with Gasteiger partial charge in [0.05, 0.1) is 11.6 Å². The monoisotopic (exact) mass is 404 g/mol. The maximum absolute atomic E-state index is 12.6. The van der Waals surface area contributed by atoms with Gasteiger partial charge in [0.2, 0.25) is 5.91 Å². The van der Waals surface area contributed by atoms with Gasteiger partial charge in [0.25, 0.3) is 5.56 Å². The smallest absolute Gasteiger partial charge is 0.274 e.